The van der Waals surface area contributed by atoms with Gasteiger partial charge in [-0.3, -0.25) is 4.79 Å². The molecule has 0 aliphatic heterocycles. The van der Waals surface area contributed by atoms with E-state index in [2.05, 4.69) is 16.3 Å². The van der Waals surface area contributed by atoms with Crippen LogP contribution in [0, 0.1) is 6.92 Å². The molecule has 0 fully saturated rings. The summed E-state index contributed by atoms with van der Waals surface area (Å²) in [7, 11) is -3.87. The Kier molecular flexibility index (Phi) is 7.91. The van der Waals surface area contributed by atoms with Crippen molar-refractivity contribution in [1.29, 1.82) is 0 Å². The van der Waals surface area contributed by atoms with Gasteiger partial charge >= 0.3 is 5.97 Å². The van der Waals surface area contributed by atoms with Crippen molar-refractivity contribution in [1.82, 2.24) is 4.72 Å². The lowest BCUT2D eigenvalue weighted by atomic mass is 10.1. The molecule has 0 saturated carbocycles. The van der Waals surface area contributed by atoms with Gasteiger partial charge in [0, 0.05) is 6.38 Å². The number of alkyl halides is 1. The number of aliphatic carboxylic acids is 1. The van der Waals surface area contributed by atoms with Gasteiger partial charge in [-0.2, -0.15) is 4.72 Å². The van der Waals surface area contributed by atoms with E-state index >= 15 is 0 Å². The van der Waals surface area contributed by atoms with Gasteiger partial charge in [-0.05, 0) is 31.0 Å². The molecule has 0 spiro atoms. The number of benzene rings is 2. The SMILES string of the molecule is CCl.Cc1ccc(S(=O)(=O)NC(Cc2ccccc2)C(=O)O)cc1. The van der Waals surface area contributed by atoms with Crippen LogP contribution in [0.2, 0.25) is 0 Å². The maximum absolute atomic E-state index is 12.3. The molecule has 0 aliphatic rings. The molecule has 0 heterocycles. The summed E-state index contributed by atoms with van der Waals surface area (Å²) in [5.41, 5.74) is 1.68. The number of aryl methyl sites for hydroxylation is 1. The minimum atomic E-state index is -3.87. The second kappa shape index (κ2) is 9.42. The minimum Gasteiger partial charge on any atom is -0.480 e. The van der Waals surface area contributed by atoms with E-state index in [0.717, 1.165) is 11.1 Å². The molecule has 0 amide bonds. The first-order valence-electron chi connectivity index (χ1n) is 7.12. The van der Waals surface area contributed by atoms with Crippen LogP contribution < -0.4 is 4.72 Å². The van der Waals surface area contributed by atoms with Gasteiger partial charge in [-0.15, -0.1) is 11.6 Å². The Morgan fingerprint density at radius 1 is 1.08 bits per heavy atom. The second-order valence-corrected chi connectivity index (χ2v) is 6.73. The average Bonchev–Trinajstić information content (AvgIpc) is 2.57. The van der Waals surface area contributed by atoms with Crippen molar-refractivity contribution in [3.05, 3.63) is 65.7 Å². The molecule has 0 aromatic heterocycles. The quantitative estimate of drug-likeness (QED) is 0.767. The summed E-state index contributed by atoms with van der Waals surface area (Å²) < 4.78 is 26.8. The zero-order chi connectivity index (χ0) is 18.2. The lowest BCUT2D eigenvalue weighted by molar-refractivity contribution is -0.138. The van der Waals surface area contributed by atoms with Crippen molar-refractivity contribution in [2.75, 3.05) is 6.38 Å². The van der Waals surface area contributed by atoms with Crippen molar-refractivity contribution >= 4 is 27.6 Å². The Labute approximate surface area is 147 Å². The molecule has 2 rings (SSSR count). The third-order valence-corrected chi connectivity index (χ3v) is 4.70. The number of carbonyl (C=O) groups is 1. The number of hydrogen-bond acceptors (Lipinski definition) is 3. The van der Waals surface area contributed by atoms with Crippen molar-refractivity contribution in [3.8, 4) is 0 Å². The molecule has 0 aliphatic carbocycles. The monoisotopic (exact) mass is 369 g/mol. The first-order chi connectivity index (χ1) is 11.4. The number of sulfonamides is 1. The molecule has 24 heavy (non-hydrogen) atoms. The Hall–Kier alpha value is -1.89. The molecule has 5 nitrogen and oxygen atoms in total. The number of carboxylic acids is 1. The smallest absolute Gasteiger partial charge is 0.322 e. The number of halogens is 1. The summed E-state index contributed by atoms with van der Waals surface area (Å²) in [5.74, 6) is -1.21. The highest BCUT2D eigenvalue weighted by Gasteiger charge is 2.25. The van der Waals surface area contributed by atoms with Gasteiger partial charge < -0.3 is 5.11 Å². The van der Waals surface area contributed by atoms with E-state index < -0.39 is 22.0 Å². The fourth-order valence-electron chi connectivity index (χ4n) is 2.00. The average molecular weight is 370 g/mol. The molecule has 7 heteroatoms. The molecule has 130 valence electrons. The fourth-order valence-corrected chi connectivity index (χ4v) is 3.19. The van der Waals surface area contributed by atoms with Gasteiger partial charge in [-0.25, -0.2) is 8.42 Å². The summed E-state index contributed by atoms with van der Waals surface area (Å²) in [6.45, 7) is 1.85. The first kappa shape index (κ1) is 20.2. The number of nitrogens with one attached hydrogen (secondary N) is 1. The lowest BCUT2D eigenvalue weighted by Gasteiger charge is -2.15. The fraction of sp³-hybridized carbons (Fsp3) is 0.235. The Balaban J connectivity index is 0.00000139. The van der Waals surface area contributed by atoms with E-state index in [9.17, 15) is 18.3 Å². The Morgan fingerprint density at radius 3 is 2.12 bits per heavy atom. The van der Waals surface area contributed by atoms with Crippen LogP contribution >= 0.6 is 11.6 Å². The lowest BCUT2D eigenvalue weighted by Crippen LogP contribution is -2.42. The van der Waals surface area contributed by atoms with Gasteiger partial charge in [-0.1, -0.05) is 48.0 Å². The van der Waals surface area contributed by atoms with Crippen LogP contribution in [0.5, 0.6) is 0 Å². The highest BCUT2D eigenvalue weighted by Crippen LogP contribution is 2.12. The number of rotatable bonds is 6. The zero-order valence-corrected chi connectivity index (χ0v) is 15.0. The number of carboxylic acid groups (broad SMARTS) is 1. The summed E-state index contributed by atoms with van der Waals surface area (Å²) >= 11 is 4.64. The van der Waals surface area contributed by atoms with Crippen LogP contribution in [0.3, 0.4) is 0 Å². The van der Waals surface area contributed by atoms with Crippen LogP contribution in [0.1, 0.15) is 11.1 Å². The Morgan fingerprint density at radius 2 is 1.62 bits per heavy atom. The van der Waals surface area contributed by atoms with Crippen LogP contribution in [-0.4, -0.2) is 31.9 Å². The standard InChI is InChI=1S/C16H17NO4S.CH3Cl/c1-12-7-9-14(10-8-12)22(20,21)17-15(16(18)19)11-13-5-3-2-4-6-13;1-2/h2-10,15,17H,11H2,1H3,(H,18,19);1H3. The van der Waals surface area contributed by atoms with E-state index in [-0.39, 0.29) is 11.3 Å². The molecule has 0 saturated heterocycles. The second-order valence-electron chi connectivity index (χ2n) is 5.01. The third-order valence-electron chi connectivity index (χ3n) is 3.21. The summed E-state index contributed by atoms with van der Waals surface area (Å²) in [5, 5.41) is 9.26. The van der Waals surface area contributed by atoms with E-state index in [1.807, 2.05) is 13.0 Å². The van der Waals surface area contributed by atoms with Crippen LogP contribution in [0.4, 0.5) is 0 Å². The minimum absolute atomic E-state index is 0.0532. The largest absolute Gasteiger partial charge is 0.480 e. The summed E-state index contributed by atoms with van der Waals surface area (Å²) in [6, 6.07) is 13.9. The van der Waals surface area contributed by atoms with Crippen molar-refractivity contribution < 1.29 is 18.3 Å². The molecule has 1 unspecified atom stereocenters. The van der Waals surface area contributed by atoms with Crippen molar-refractivity contribution in [3.63, 3.8) is 0 Å². The zero-order valence-electron chi connectivity index (χ0n) is 13.4. The first-order valence-corrected chi connectivity index (χ1v) is 9.36. The maximum Gasteiger partial charge on any atom is 0.322 e. The van der Waals surface area contributed by atoms with E-state index in [1.165, 1.54) is 18.5 Å². The topological polar surface area (TPSA) is 83.5 Å². The Bertz CT molecular complexity index is 746. The molecule has 0 radical (unpaired) electrons. The van der Waals surface area contributed by atoms with Crippen LogP contribution in [0.25, 0.3) is 0 Å². The summed E-state index contributed by atoms with van der Waals surface area (Å²) in [6.07, 6.45) is 1.56. The predicted molar refractivity (Wildman–Crippen MR) is 94.8 cm³/mol. The molecule has 2 N–H and O–H groups in total. The molecule has 2 aromatic rings. The van der Waals surface area contributed by atoms with Gasteiger partial charge in [0.1, 0.15) is 6.04 Å². The van der Waals surface area contributed by atoms with Gasteiger partial charge in [0.05, 0.1) is 4.90 Å². The molecular weight excluding hydrogens is 350 g/mol. The summed E-state index contributed by atoms with van der Waals surface area (Å²) in [4.78, 5) is 11.4. The van der Waals surface area contributed by atoms with Crippen LogP contribution in [0.15, 0.2) is 59.5 Å². The normalized spacial score (nSPS) is 12.0. The maximum atomic E-state index is 12.3. The van der Waals surface area contributed by atoms with Gasteiger partial charge in [0.2, 0.25) is 10.0 Å². The third kappa shape index (κ3) is 5.96. The van der Waals surface area contributed by atoms with E-state index in [1.54, 1.807) is 36.4 Å². The highest BCUT2D eigenvalue weighted by atomic mass is 35.5. The van der Waals surface area contributed by atoms with E-state index in [0.29, 0.717) is 0 Å². The van der Waals surface area contributed by atoms with Gasteiger partial charge in [0.25, 0.3) is 0 Å². The van der Waals surface area contributed by atoms with Crippen molar-refractivity contribution in [2.24, 2.45) is 0 Å². The van der Waals surface area contributed by atoms with Crippen molar-refractivity contribution in [2.45, 2.75) is 24.3 Å². The molecular formula is C17H20ClNO4S. The van der Waals surface area contributed by atoms with Crippen LogP contribution in [-0.2, 0) is 21.2 Å². The highest BCUT2D eigenvalue weighted by molar-refractivity contribution is 7.89. The number of hydrogen-bond donors (Lipinski definition) is 2. The molecule has 0 bridgehead atoms. The predicted octanol–water partition coefficient (Wildman–Crippen LogP) is 2.82. The van der Waals surface area contributed by atoms with E-state index in [4.69, 9.17) is 0 Å². The van der Waals surface area contributed by atoms with Gasteiger partial charge in [0.15, 0.2) is 0 Å². The molecule has 2 aromatic carbocycles. The molecule has 1 atom stereocenters.